The Morgan fingerprint density at radius 1 is 1.46 bits per heavy atom. The first kappa shape index (κ1) is 11.0. The second-order valence-electron chi connectivity index (χ2n) is 3.70. The van der Waals surface area contributed by atoms with Crippen molar-refractivity contribution in [2.45, 2.75) is 43.9 Å². The normalized spacial score (nSPS) is 29.8. The topological polar surface area (TPSA) is 46.2 Å². The van der Waals surface area contributed by atoms with Crippen LogP contribution in [-0.2, 0) is 9.84 Å². The van der Waals surface area contributed by atoms with Crippen molar-refractivity contribution in [3.8, 4) is 0 Å². The maximum absolute atomic E-state index is 11.7. The van der Waals surface area contributed by atoms with Crippen molar-refractivity contribution < 1.29 is 8.42 Å². The molecule has 0 bridgehead atoms. The molecular formula is C9H19NO2S. The Morgan fingerprint density at radius 3 is 2.62 bits per heavy atom. The molecule has 13 heavy (non-hydrogen) atoms. The first-order valence-corrected chi connectivity index (χ1v) is 6.72. The van der Waals surface area contributed by atoms with Crippen LogP contribution in [0.2, 0.25) is 0 Å². The first-order chi connectivity index (χ1) is 6.11. The van der Waals surface area contributed by atoms with E-state index in [1.54, 1.807) is 0 Å². The summed E-state index contributed by atoms with van der Waals surface area (Å²) in [5.41, 5.74) is 0. The fourth-order valence-electron chi connectivity index (χ4n) is 2.08. The number of hydrogen-bond acceptors (Lipinski definition) is 3. The highest BCUT2D eigenvalue weighted by atomic mass is 32.2. The van der Waals surface area contributed by atoms with Crippen LogP contribution in [0.1, 0.15) is 32.6 Å². The van der Waals surface area contributed by atoms with E-state index in [4.69, 9.17) is 0 Å². The Labute approximate surface area is 80.8 Å². The molecule has 1 fully saturated rings. The summed E-state index contributed by atoms with van der Waals surface area (Å²) in [6.07, 6.45) is 3.63. The average molecular weight is 205 g/mol. The van der Waals surface area contributed by atoms with Crippen LogP contribution in [0, 0.1) is 0 Å². The summed E-state index contributed by atoms with van der Waals surface area (Å²) in [7, 11) is -0.964. The molecule has 3 nitrogen and oxygen atoms in total. The Bertz CT molecular complexity index is 244. The van der Waals surface area contributed by atoms with E-state index >= 15 is 0 Å². The highest BCUT2D eigenvalue weighted by Crippen LogP contribution is 2.23. The van der Waals surface area contributed by atoms with Gasteiger partial charge < -0.3 is 5.32 Å². The summed E-state index contributed by atoms with van der Waals surface area (Å²) in [4.78, 5) is 0. The van der Waals surface area contributed by atoms with E-state index in [1.165, 1.54) is 0 Å². The zero-order valence-electron chi connectivity index (χ0n) is 8.41. The Hall–Kier alpha value is -0.0900. The third-order valence-corrected chi connectivity index (χ3v) is 5.23. The van der Waals surface area contributed by atoms with Gasteiger partial charge in [-0.25, -0.2) is 8.42 Å². The van der Waals surface area contributed by atoms with Gasteiger partial charge in [0.2, 0.25) is 0 Å². The molecular weight excluding hydrogens is 186 g/mol. The maximum atomic E-state index is 11.7. The smallest absolute Gasteiger partial charge is 0.154 e. The number of sulfone groups is 1. The summed E-state index contributed by atoms with van der Waals surface area (Å²) < 4.78 is 23.4. The molecule has 4 heteroatoms. The zero-order valence-corrected chi connectivity index (χ0v) is 9.23. The van der Waals surface area contributed by atoms with E-state index in [1.807, 2.05) is 14.0 Å². The van der Waals surface area contributed by atoms with Gasteiger partial charge in [0.1, 0.15) is 0 Å². The van der Waals surface area contributed by atoms with E-state index in [0.29, 0.717) is 5.75 Å². The Morgan fingerprint density at radius 2 is 2.15 bits per heavy atom. The van der Waals surface area contributed by atoms with Gasteiger partial charge in [-0.05, 0) is 26.3 Å². The van der Waals surface area contributed by atoms with E-state index in [9.17, 15) is 8.42 Å². The molecule has 0 aromatic heterocycles. The van der Waals surface area contributed by atoms with E-state index in [0.717, 1.165) is 25.7 Å². The van der Waals surface area contributed by atoms with Crippen LogP contribution in [-0.4, -0.2) is 32.5 Å². The Balaban J connectivity index is 2.75. The summed E-state index contributed by atoms with van der Waals surface area (Å²) in [6.45, 7) is 2.03. The van der Waals surface area contributed by atoms with E-state index in [2.05, 4.69) is 5.32 Å². The lowest BCUT2D eigenvalue weighted by molar-refractivity contribution is 0.450. The second-order valence-corrected chi connectivity index (χ2v) is 6.04. The van der Waals surface area contributed by atoms with Gasteiger partial charge in [-0.3, -0.25) is 0 Å². The highest BCUT2D eigenvalue weighted by molar-refractivity contribution is 7.92. The molecule has 78 valence electrons. The number of hydrogen-bond donors (Lipinski definition) is 1. The molecule has 0 aromatic carbocycles. The molecule has 0 saturated carbocycles. The highest BCUT2D eigenvalue weighted by Gasteiger charge is 2.33. The fourth-order valence-corrected chi connectivity index (χ4v) is 4.35. The van der Waals surface area contributed by atoms with Crippen LogP contribution >= 0.6 is 0 Å². The van der Waals surface area contributed by atoms with E-state index < -0.39 is 9.84 Å². The molecule has 1 aliphatic rings. The molecule has 0 amide bonds. The van der Waals surface area contributed by atoms with Gasteiger partial charge in [0, 0.05) is 6.04 Å². The predicted octanol–water partition coefficient (Wildman–Crippen LogP) is 0.952. The largest absolute Gasteiger partial charge is 0.316 e. The molecule has 0 aromatic rings. The van der Waals surface area contributed by atoms with Gasteiger partial charge >= 0.3 is 0 Å². The lowest BCUT2D eigenvalue weighted by atomic mass is 10.1. The second kappa shape index (κ2) is 4.42. The third kappa shape index (κ3) is 2.44. The number of nitrogens with one attached hydrogen (secondary N) is 1. The lowest BCUT2D eigenvalue weighted by Gasteiger charge is -2.29. The summed E-state index contributed by atoms with van der Waals surface area (Å²) in [6, 6.07) is 0.144. The lowest BCUT2D eigenvalue weighted by Crippen LogP contribution is -2.44. The minimum Gasteiger partial charge on any atom is -0.316 e. The zero-order chi connectivity index (χ0) is 9.90. The molecule has 1 rings (SSSR count). The van der Waals surface area contributed by atoms with Crippen LogP contribution in [0.25, 0.3) is 0 Å². The quantitative estimate of drug-likeness (QED) is 0.746. The van der Waals surface area contributed by atoms with Crippen molar-refractivity contribution >= 4 is 9.84 Å². The molecule has 1 heterocycles. The van der Waals surface area contributed by atoms with Crippen molar-refractivity contribution in [2.24, 2.45) is 0 Å². The van der Waals surface area contributed by atoms with Crippen LogP contribution in [0.4, 0.5) is 0 Å². The molecule has 1 aliphatic heterocycles. The minimum absolute atomic E-state index is 0.142. The molecule has 0 aliphatic carbocycles. The predicted molar refractivity (Wildman–Crippen MR) is 54.6 cm³/mol. The van der Waals surface area contributed by atoms with Crippen molar-refractivity contribution in [1.29, 1.82) is 0 Å². The van der Waals surface area contributed by atoms with Crippen molar-refractivity contribution in [3.63, 3.8) is 0 Å². The molecule has 0 spiro atoms. The molecule has 2 unspecified atom stereocenters. The number of rotatable bonds is 3. The standard InChI is InChI=1S/C9H19NO2S/c1-3-8(10-2)9-6-4-5-7-13(9,11)12/h8-10H,3-7H2,1-2H3. The van der Waals surface area contributed by atoms with Gasteiger partial charge in [0.15, 0.2) is 9.84 Å². The third-order valence-electron chi connectivity index (χ3n) is 2.89. The van der Waals surface area contributed by atoms with Gasteiger partial charge in [-0.15, -0.1) is 0 Å². The molecule has 1 saturated heterocycles. The summed E-state index contributed by atoms with van der Waals surface area (Å²) in [5, 5.41) is 2.96. The van der Waals surface area contributed by atoms with Crippen LogP contribution in [0.5, 0.6) is 0 Å². The van der Waals surface area contributed by atoms with Gasteiger partial charge in [-0.1, -0.05) is 13.3 Å². The van der Waals surface area contributed by atoms with Crippen LogP contribution in [0.3, 0.4) is 0 Å². The Kier molecular flexibility index (Phi) is 3.74. The van der Waals surface area contributed by atoms with Crippen molar-refractivity contribution in [1.82, 2.24) is 5.32 Å². The maximum Gasteiger partial charge on any atom is 0.154 e. The first-order valence-electron chi connectivity index (χ1n) is 5.00. The molecule has 2 atom stereocenters. The van der Waals surface area contributed by atoms with Gasteiger partial charge in [-0.2, -0.15) is 0 Å². The summed E-state index contributed by atoms with van der Waals surface area (Å²) in [5.74, 6) is 0.385. The van der Waals surface area contributed by atoms with Crippen molar-refractivity contribution in [3.05, 3.63) is 0 Å². The monoisotopic (exact) mass is 205 g/mol. The summed E-state index contributed by atoms with van der Waals surface area (Å²) >= 11 is 0. The van der Waals surface area contributed by atoms with Crippen LogP contribution < -0.4 is 5.32 Å². The SMILES string of the molecule is CCC(NC)C1CCCCS1(=O)=O. The van der Waals surface area contributed by atoms with Crippen LogP contribution in [0.15, 0.2) is 0 Å². The fraction of sp³-hybridized carbons (Fsp3) is 1.00. The minimum atomic E-state index is -2.81. The van der Waals surface area contributed by atoms with Gasteiger partial charge in [0.05, 0.1) is 11.0 Å². The van der Waals surface area contributed by atoms with Gasteiger partial charge in [0.25, 0.3) is 0 Å². The van der Waals surface area contributed by atoms with E-state index in [-0.39, 0.29) is 11.3 Å². The molecule has 0 radical (unpaired) electrons. The average Bonchev–Trinajstić information content (AvgIpc) is 2.09. The van der Waals surface area contributed by atoms with Crippen molar-refractivity contribution in [2.75, 3.05) is 12.8 Å². The molecule has 1 N–H and O–H groups in total.